The van der Waals surface area contributed by atoms with Crippen molar-refractivity contribution >= 4 is 0 Å². The number of aliphatic hydroxyl groups excluding tert-OH is 1. The number of fused-ring (bicyclic) bond motifs is 1. The second-order valence-electron chi connectivity index (χ2n) is 5.80. The van der Waals surface area contributed by atoms with E-state index < -0.39 is 0 Å². The predicted molar refractivity (Wildman–Crippen MR) is 70.1 cm³/mol. The smallest absolute Gasteiger partial charge is 0.0586 e. The minimum absolute atomic E-state index is 0.114. The molecule has 2 atom stereocenters. The summed E-state index contributed by atoms with van der Waals surface area (Å²) in [6, 6.07) is 8.76. The van der Waals surface area contributed by atoms with Crippen molar-refractivity contribution in [2.45, 2.75) is 57.0 Å². The molecule has 0 radical (unpaired) electrons. The van der Waals surface area contributed by atoms with Gasteiger partial charge in [0.25, 0.3) is 0 Å². The van der Waals surface area contributed by atoms with E-state index in [0.717, 1.165) is 18.8 Å². The Balaban J connectivity index is 1.88. The standard InChI is InChI=1S/C16H22O/c17-14-10-13-8-4-5-9-15(13)16(11-14)12-6-2-1-3-7-12/h4-5,8-9,12,14,16-17H,1-3,6-7,10-11H2/t14-,16+/m0/s1. The summed E-state index contributed by atoms with van der Waals surface area (Å²) in [5, 5.41) is 10.1. The Kier molecular flexibility index (Phi) is 3.19. The highest BCUT2D eigenvalue weighted by Gasteiger charge is 2.31. The summed E-state index contributed by atoms with van der Waals surface area (Å²) in [6.07, 6.45) is 8.65. The average Bonchev–Trinajstić information content (AvgIpc) is 2.39. The molecule has 2 aliphatic carbocycles. The Hall–Kier alpha value is -0.820. The minimum atomic E-state index is -0.114. The maximum absolute atomic E-state index is 10.1. The lowest BCUT2D eigenvalue weighted by molar-refractivity contribution is 0.126. The molecular weight excluding hydrogens is 208 g/mol. The van der Waals surface area contributed by atoms with Crippen LogP contribution in [0.5, 0.6) is 0 Å². The van der Waals surface area contributed by atoms with E-state index in [1.165, 1.54) is 43.2 Å². The quantitative estimate of drug-likeness (QED) is 0.780. The lowest BCUT2D eigenvalue weighted by atomic mass is 9.70. The topological polar surface area (TPSA) is 20.2 Å². The van der Waals surface area contributed by atoms with Crippen LogP contribution < -0.4 is 0 Å². The molecule has 17 heavy (non-hydrogen) atoms. The fourth-order valence-corrected chi connectivity index (χ4v) is 3.82. The first-order valence-electron chi connectivity index (χ1n) is 7.10. The molecular formula is C16H22O. The SMILES string of the molecule is O[C@H]1Cc2ccccc2[C@@H](C2CCCCC2)C1. The van der Waals surface area contributed by atoms with Crippen LogP contribution in [0.4, 0.5) is 0 Å². The molecule has 1 saturated carbocycles. The van der Waals surface area contributed by atoms with Crippen molar-refractivity contribution < 1.29 is 5.11 Å². The Morgan fingerprint density at radius 3 is 2.59 bits per heavy atom. The number of benzene rings is 1. The monoisotopic (exact) mass is 230 g/mol. The Morgan fingerprint density at radius 2 is 1.76 bits per heavy atom. The van der Waals surface area contributed by atoms with Crippen molar-refractivity contribution in [2.24, 2.45) is 5.92 Å². The van der Waals surface area contributed by atoms with E-state index in [2.05, 4.69) is 24.3 Å². The van der Waals surface area contributed by atoms with E-state index in [-0.39, 0.29) is 6.10 Å². The molecule has 3 rings (SSSR count). The fourth-order valence-electron chi connectivity index (χ4n) is 3.82. The van der Waals surface area contributed by atoms with Gasteiger partial charge in [0.2, 0.25) is 0 Å². The van der Waals surface area contributed by atoms with Crippen LogP contribution in [-0.4, -0.2) is 11.2 Å². The lowest BCUT2D eigenvalue weighted by Crippen LogP contribution is -2.28. The van der Waals surface area contributed by atoms with Crippen molar-refractivity contribution in [3.05, 3.63) is 35.4 Å². The molecule has 1 aromatic carbocycles. The normalized spacial score (nSPS) is 29.9. The first-order chi connectivity index (χ1) is 8.34. The molecule has 1 fully saturated rings. The third-order valence-corrected chi connectivity index (χ3v) is 4.65. The highest BCUT2D eigenvalue weighted by molar-refractivity contribution is 5.34. The highest BCUT2D eigenvalue weighted by atomic mass is 16.3. The molecule has 1 aromatic rings. The maximum atomic E-state index is 10.1. The average molecular weight is 230 g/mol. The van der Waals surface area contributed by atoms with E-state index in [9.17, 15) is 5.11 Å². The van der Waals surface area contributed by atoms with Gasteiger partial charge in [-0.15, -0.1) is 0 Å². The van der Waals surface area contributed by atoms with Gasteiger partial charge in [0.15, 0.2) is 0 Å². The lowest BCUT2D eigenvalue weighted by Gasteiger charge is -2.36. The molecule has 0 saturated heterocycles. The predicted octanol–water partition coefficient (Wildman–Crippen LogP) is 3.66. The van der Waals surface area contributed by atoms with E-state index in [0.29, 0.717) is 5.92 Å². The molecule has 0 heterocycles. The zero-order valence-corrected chi connectivity index (χ0v) is 10.4. The first-order valence-corrected chi connectivity index (χ1v) is 7.10. The van der Waals surface area contributed by atoms with Gasteiger partial charge in [-0.2, -0.15) is 0 Å². The van der Waals surface area contributed by atoms with Crippen LogP contribution in [0.2, 0.25) is 0 Å². The van der Waals surface area contributed by atoms with Crippen LogP contribution in [0.15, 0.2) is 24.3 Å². The van der Waals surface area contributed by atoms with E-state index in [4.69, 9.17) is 0 Å². The van der Waals surface area contributed by atoms with Crippen molar-refractivity contribution in [1.82, 2.24) is 0 Å². The summed E-state index contributed by atoms with van der Waals surface area (Å²) < 4.78 is 0. The first kappa shape index (κ1) is 11.3. The third-order valence-electron chi connectivity index (χ3n) is 4.65. The summed E-state index contributed by atoms with van der Waals surface area (Å²) in [4.78, 5) is 0. The Bertz CT molecular complexity index is 379. The number of hydrogen-bond acceptors (Lipinski definition) is 1. The molecule has 0 bridgehead atoms. The van der Waals surface area contributed by atoms with Crippen LogP contribution in [0, 0.1) is 5.92 Å². The molecule has 1 nitrogen and oxygen atoms in total. The molecule has 1 heteroatoms. The van der Waals surface area contributed by atoms with Gasteiger partial charge in [0.1, 0.15) is 0 Å². The number of rotatable bonds is 1. The van der Waals surface area contributed by atoms with Gasteiger partial charge in [0, 0.05) is 0 Å². The van der Waals surface area contributed by atoms with Crippen molar-refractivity contribution in [3.8, 4) is 0 Å². The highest BCUT2D eigenvalue weighted by Crippen LogP contribution is 2.42. The van der Waals surface area contributed by atoms with Crippen molar-refractivity contribution in [2.75, 3.05) is 0 Å². The van der Waals surface area contributed by atoms with Gasteiger partial charge in [0.05, 0.1) is 6.10 Å². The zero-order valence-electron chi connectivity index (χ0n) is 10.4. The minimum Gasteiger partial charge on any atom is -0.393 e. The molecule has 0 aromatic heterocycles. The summed E-state index contributed by atoms with van der Waals surface area (Å²) >= 11 is 0. The van der Waals surface area contributed by atoms with Gasteiger partial charge in [-0.3, -0.25) is 0 Å². The number of hydrogen-bond donors (Lipinski definition) is 1. The maximum Gasteiger partial charge on any atom is 0.0586 e. The molecule has 0 amide bonds. The zero-order chi connectivity index (χ0) is 11.7. The molecule has 2 aliphatic rings. The van der Waals surface area contributed by atoms with Crippen LogP contribution in [0.25, 0.3) is 0 Å². The van der Waals surface area contributed by atoms with Gasteiger partial charge >= 0.3 is 0 Å². The fraction of sp³-hybridized carbons (Fsp3) is 0.625. The summed E-state index contributed by atoms with van der Waals surface area (Å²) in [7, 11) is 0. The van der Waals surface area contributed by atoms with Gasteiger partial charge in [-0.25, -0.2) is 0 Å². The Labute approximate surface area is 104 Å². The van der Waals surface area contributed by atoms with Gasteiger partial charge < -0.3 is 5.11 Å². The van der Waals surface area contributed by atoms with Crippen molar-refractivity contribution in [1.29, 1.82) is 0 Å². The van der Waals surface area contributed by atoms with Crippen LogP contribution in [0.1, 0.15) is 55.6 Å². The van der Waals surface area contributed by atoms with E-state index >= 15 is 0 Å². The molecule has 1 N–H and O–H groups in total. The van der Waals surface area contributed by atoms with Crippen molar-refractivity contribution in [3.63, 3.8) is 0 Å². The van der Waals surface area contributed by atoms with Crippen LogP contribution in [0.3, 0.4) is 0 Å². The summed E-state index contributed by atoms with van der Waals surface area (Å²) in [6.45, 7) is 0. The second-order valence-corrected chi connectivity index (χ2v) is 5.80. The van der Waals surface area contributed by atoms with E-state index in [1.54, 1.807) is 0 Å². The third kappa shape index (κ3) is 2.26. The van der Waals surface area contributed by atoms with E-state index in [1.807, 2.05) is 0 Å². The second kappa shape index (κ2) is 4.81. The molecule has 0 unspecified atom stereocenters. The summed E-state index contributed by atoms with van der Waals surface area (Å²) in [5.41, 5.74) is 2.92. The summed E-state index contributed by atoms with van der Waals surface area (Å²) in [5.74, 6) is 1.44. The number of aliphatic hydroxyl groups is 1. The largest absolute Gasteiger partial charge is 0.393 e. The van der Waals surface area contributed by atoms with Crippen LogP contribution in [-0.2, 0) is 6.42 Å². The molecule has 0 aliphatic heterocycles. The Morgan fingerprint density at radius 1 is 1.00 bits per heavy atom. The van der Waals surface area contributed by atoms with Gasteiger partial charge in [-0.1, -0.05) is 43.5 Å². The molecule has 0 spiro atoms. The van der Waals surface area contributed by atoms with Crippen LogP contribution >= 0.6 is 0 Å². The molecule has 92 valence electrons. The van der Waals surface area contributed by atoms with Gasteiger partial charge in [-0.05, 0) is 48.6 Å².